The average Bonchev–Trinajstić information content (AvgIpc) is 2.76. The van der Waals surface area contributed by atoms with Crippen LogP contribution in [0.3, 0.4) is 0 Å². The fourth-order valence-electron chi connectivity index (χ4n) is 1.56. The molecule has 19 heavy (non-hydrogen) atoms. The third-order valence-electron chi connectivity index (χ3n) is 3.12. The van der Waals surface area contributed by atoms with Crippen molar-refractivity contribution >= 4 is 26.0 Å². The second kappa shape index (κ2) is 6.88. The van der Waals surface area contributed by atoms with Crippen molar-refractivity contribution in [3.8, 4) is 0 Å². The van der Waals surface area contributed by atoms with Gasteiger partial charge in [0.2, 0.25) is 10.0 Å². The Morgan fingerprint density at radius 2 is 2.11 bits per heavy atom. The van der Waals surface area contributed by atoms with E-state index in [2.05, 4.69) is 21.2 Å². The predicted molar refractivity (Wildman–Crippen MR) is 78.5 cm³/mol. The van der Waals surface area contributed by atoms with Crippen LogP contribution in [-0.4, -0.2) is 32.4 Å². The van der Waals surface area contributed by atoms with Crippen molar-refractivity contribution in [2.45, 2.75) is 44.7 Å². The minimum atomic E-state index is -3.52. The number of nitrogens with one attached hydrogen (secondary N) is 1. The first-order chi connectivity index (χ1) is 8.84. The molecular formula is C12H21BrN2O3S. The van der Waals surface area contributed by atoms with Crippen molar-refractivity contribution in [3.63, 3.8) is 0 Å². The van der Waals surface area contributed by atoms with Gasteiger partial charge >= 0.3 is 0 Å². The summed E-state index contributed by atoms with van der Waals surface area (Å²) in [6.07, 6.45) is 0.759. The lowest BCUT2D eigenvalue weighted by Gasteiger charge is -2.22. The van der Waals surface area contributed by atoms with E-state index in [-0.39, 0.29) is 15.6 Å². The molecule has 0 amide bonds. The van der Waals surface area contributed by atoms with E-state index in [9.17, 15) is 8.42 Å². The summed E-state index contributed by atoms with van der Waals surface area (Å²) in [6, 6.07) is 1.52. The molecule has 0 fully saturated rings. The van der Waals surface area contributed by atoms with Crippen LogP contribution in [0.15, 0.2) is 20.0 Å². The first kappa shape index (κ1) is 16.7. The quantitative estimate of drug-likeness (QED) is 0.818. The number of rotatable bonds is 7. The molecule has 7 heteroatoms. The Kier molecular flexibility index (Phi) is 6.04. The predicted octanol–water partition coefficient (Wildman–Crippen LogP) is 2.57. The van der Waals surface area contributed by atoms with Gasteiger partial charge in [0.25, 0.3) is 0 Å². The summed E-state index contributed by atoms with van der Waals surface area (Å²) in [5.41, 5.74) is 0. The van der Waals surface area contributed by atoms with Crippen LogP contribution < -0.4 is 5.32 Å². The molecular weight excluding hydrogens is 332 g/mol. The number of sulfonamides is 1. The van der Waals surface area contributed by atoms with E-state index in [4.69, 9.17) is 4.42 Å². The van der Waals surface area contributed by atoms with Gasteiger partial charge < -0.3 is 9.73 Å². The van der Waals surface area contributed by atoms with E-state index in [1.54, 1.807) is 13.1 Å². The number of hydrogen-bond donors (Lipinski definition) is 1. The monoisotopic (exact) mass is 352 g/mol. The molecule has 0 radical (unpaired) electrons. The average molecular weight is 353 g/mol. The van der Waals surface area contributed by atoms with E-state index in [0.717, 1.165) is 13.0 Å². The molecule has 0 aromatic carbocycles. The van der Waals surface area contributed by atoms with Gasteiger partial charge in [0.1, 0.15) is 10.7 Å². The third-order valence-corrected chi connectivity index (χ3v) is 5.95. The Balaban J connectivity index is 3.04. The van der Waals surface area contributed by atoms with Gasteiger partial charge in [-0.3, -0.25) is 0 Å². The van der Waals surface area contributed by atoms with Crippen molar-refractivity contribution in [1.29, 1.82) is 0 Å². The molecule has 1 atom stereocenters. The number of halogens is 1. The van der Waals surface area contributed by atoms with Gasteiger partial charge in [-0.2, -0.15) is 4.31 Å². The first-order valence-corrected chi connectivity index (χ1v) is 8.54. The fraction of sp³-hybridized carbons (Fsp3) is 0.667. The van der Waals surface area contributed by atoms with Crippen LogP contribution in [-0.2, 0) is 16.6 Å². The molecule has 5 nitrogen and oxygen atoms in total. The molecule has 1 aromatic heterocycles. The molecule has 0 spiro atoms. The highest BCUT2D eigenvalue weighted by molar-refractivity contribution is 9.10. The Bertz CT molecular complexity index is 513. The normalized spacial score (nSPS) is 14.0. The Hall–Kier alpha value is -0.370. The number of furan rings is 1. The molecule has 1 rings (SSSR count). The van der Waals surface area contributed by atoms with Crippen LogP contribution in [0.25, 0.3) is 0 Å². The highest BCUT2D eigenvalue weighted by Gasteiger charge is 2.29. The Labute approximate surface area is 123 Å². The first-order valence-electron chi connectivity index (χ1n) is 6.31. The van der Waals surface area contributed by atoms with Gasteiger partial charge in [-0.15, -0.1) is 0 Å². The molecule has 1 unspecified atom stereocenters. The molecule has 0 saturated carbocycles. The fourth-order valence-corrected chi connectivity index (χ4v) is 3.95. The van der Waals surface area contributed by atoms with Crippen molar-refractivity contribution in [2.24, 2.45) is 0 Å². The molecule has 110 valence electrons. The van der Waals surface area contributed by atoms with E-state index < -0.39 is 10.0 Å². The molecule has 0 aliphatic heterocycles. The Morgan fingerprint density at radius 3 is 2.63 bits per heavy atom. The minimum Gasteiger partial charge on any atom is -0.452 e. The van der Waals surface area contributed by atoms with Gasteiger partial charge in [0.05, 0.1) is 6.54 Å². The Morgan fingerprint density at radius 1 is 1.47 bits per heavy atom. The van der Waals surface area contributed by atoms with Gasteiger partial charge in [0, 0.05) is 19.2 Å². The topological polar surface area (TPSA) is 62.6 Å². The van der Waals surface area contributed by atoms with Crippen LogP contribution in [0.2, 0.25) is 0 Å². The SMILES string of the molecule is CCNCc1cc(S(=O)(=O)N(C)C(C)CC)c(Br)o1. The van der Waals surface area contributed by atoms with Gasteiger partial charge in [-0.05, 0) is 35.8 Å². The summed E-state index contributed by atoms with van der Waals surface area (Å²) in [5, 5.41) is 3.10. The zero-order chi connectivity index (χ0) is 14.6. The highest BCUT2D eigenvalue weighted by Crippen LogP contribution is 2.29. The summed E-state index contributed by atoms with van der Waals surface area (Å²) in [4.78, 5) is 0.184. The summed E-state index contributed by atoms with van der Waals surface area (Å²) >= 11 is 3.18. The molecule has 0 bridgehead atoms. The maximum Gasteiger partial charge on any atom is 0.247 e. The molecule has 0 aliphatic rings. The highest BCUT2D eigenvalue weighted by atomic mass is 79.9. The smallest absolute Gasteiger partial charge is 0.247 e. The van der Waals surface area contributed by atoms with Gasteiger partial charge in [-0.25, -0.2) is 8.42 Å². The van der Waals surface area contributed by atoms with Crippen LogP contribution in [0, 0.1) is 0 Å². The van der Waals surface area contributed by atoms with Crippen molar-refractivity contribution in [1.82, 2.24) is 9.62 Å². The molecule has 0 saturated heterocycles. The zero-order valence-corrected chi connectivity index (χ0v) is 14.1. The van der Waals surface area contributed by atoms with Crippen molar-refractivity contribution < 1.29 is 12.8 Å². The van der Waals surface area contributed by atoms with Crippen LogP contribution >= 0.6 is 15.9 Å². The third kappa shape index (κ3) is 3.81. The van der Waals surface area contributed by atoms with Crippen molar-refractivity contribution in [3.05, 3.63) is 16.5 Å². The maximum absolute atomic E-state index is 12.5. The molecule has 1 N–H and O–H groups in total. The number of nitrogens with zero attached hydrogens (tertiary/aromatic N) is 1. The second-order valence-electron chi connectivity index (χ2n) is 4.41. The van der Waals surface area contributed by atoms with Crippen molar-refractivity contribution in [2.75, 3.05) is 13.6 Å². The molecule has 1 aromatic rings. The lowest BCUT2D eigenvalue weighted by molar-refractivity contribution is 0.379. The van der Waals surface area contributed by atoms with Crippen LogP contribution in [0.5, 0.6) is 0 Å². The van der Waals surface area contributed by atoms with E-state index in [0.29, 0.717) is 12.3 Å². The van der Waals surface area contributed by atoms with Crippen LogP contribution in [0.4, 0.5) is 0 Å². The van der Waals surface area contributed by atoms with Gasteiger partial charge in [-0.1, -0.05) is 13.8 Å². The van der Waals surface area contributed by atoms with Crippen LogP contribution in [0.1, 0.15) is 33.0 Å². The van der Waals surface area contributed by atoms with E-state index in [1.807, 2.05) is 20.8 Å². The molecule has 1 heterocycles. The lowest BCUT2D eigenvalue weighted by Crippen LogP contribution is -2.34. The zero-order valence-electron chi connectivity index (χ0n) is 11.7. The molecule has 0 aliphatic carbocycles. The lowest BCUT2D eigenvalue weighted by atomic mass is 10.3. The maximum atomic E-state index is 12.5. The van der Waals surface area contributed by atoms with Gasteiger partial charge in [0.15, 0.2) is 4.67 Å². The summed E-state index contributed by atoms with van der Waals surface area (Å²) in [5.74, 6) is 0.602. The minimum absolute atomic E-state index is 0.0518. The second-order valence-corrected chi connectivity index (χ2v) is 7.10. The van der Waals surface area contributed by atoms with E-state index >= 15 is 0 Å². The number of hydrogen-bond acceptors (Lipinski definition) is 4. The summed E-state index contributed by atoms with van der Waals surface area (Å²) in [6.45, 7) is 7.12. The standard InChI is InChI=1S/C12H21BrN2O3S/c1-5-9(3)15(4)19(16,17)11-7-10(8-14-6-2)18-12(11)13/h7,9,14H,5-6,8H2,1-4H3. The largest absolute Gasteiger partial charge is 0.452 e. The van der Waals surface area contributed by atoms with E-state index in [1.165, 1.54) is 4.31 Å². The summed E-state index contributed by atoms with van der Waals surface area (Å²) in [7, 11) is -1.93. The summed E-state index contributed by atoms with van der Waals surface area (Å²) < 4.78 is 32.0.